The molecule has 0 bridgehead atoms. The summed E-state index contributed by atoms with van der Waals surface area (Å²) in [6.45, 7) is 9.98. The van der Waals surface area contributed by atoms with Crippen molar-refractivity contribution in [3.8, 4) is 0 Å². The van der Waals surface area contributed by atoms with Crippen molar-refractivity contribution in [3.05, 3.63) is 0 Å². The first-order valence-corrected chi connectivity index (χ1v) is 12.3. The Bertz CT molecular complexity index is 551. The Morgan fingerprint density at radius 3 is 2.43 bits per heavy atom. The maximum absolute atomic E-state index is 10.2. The van der Waals surface area contributed by atoms with Crippen LogP contribution < -0.4 is 5.32 Å². The number of fused-ring (bicyclic) bond motifs is 5. The minimum Gasteiger partial charge on any atom is -0.393 e. The van der Waals surface area contributed by atoms with Crippen molar-refractivity contribution in [2.45, 2.75) is 90.7 Å². The molecule has 2 N–H and O–H groups in total. The molecule has 0 saturated heterocycles. The largest absolute Gasteiger partial charge is 0.393 e. The molecule has 0 aromatic heterocycles. The molecule has 28 heavy (non-hydrogen) atoms. The average Bonchev–Trinajstić information content (AvgIpc) is 2.99. The molecule has 0 aliphatic heterocycles. The molecule has 0 amide bonds. The number of aliphatic hydroxyl groups is 1. The molecule has 0 aromatic rings. The first-order chi connectivity index (χ1) is 13.3. The lowest BCUT2D eigenvalue weighted by Gasteiger charge is -2.61. The number of hydrogen-bond donors (Lipinski definition) is 2. The van der Waals surface area contributed by atoms with E-state index in [1.165, 1.54) is 44.9 Å². The van der Waals surface area contributed by atoms with Crippen LogP contribution in [0.5, 0.6) is 0 Å². The molecule has 4 aliphatic carbocycles. The average molecular weight is 391 g/mol. The van der Waals surface area contributed by atoms with Crippen LogP contribution in [0.25, 0.3) is 0 Å². The van der Waals surface area contributed by atoms with Crippen LogP contribution in [0.3, 0.4) is 0 Å². The van der Waals surface area contributed by atoms with Gasteiger partial charge in [-0.05, 0) is 119 Å². The van der Waals surface area contributed by atoms with Gasteiger partial charge in [0.15, 0.2) is 0 Å². The number of rotatable bonds is 5. The number of nitrogens with zero attached hydrogens (tertiary/aromatic N) is 1. The van der Waals surface area contributed by atoms with Gasteiger partial charge in [0.1, 0.15) is 0 Å². The zero-order valence-corrected chi connectivity index (χ0v) is 19.2. The molecule has 4 saturated carbocycles. The first-order valence-electron chi connectivity index (χ1n) is 12.3. The van der Waals surface area contributed by atoms with Gasteiger partial charge in [-0.3, -0.25) is 0 Å². The number of nitrogens with one attached hydrogen (secondary N) is 1. The van der Waals surface area contributed by atoms with Crippen LogP contribution in [0.15, 0.2) is 0 Å². The zero-order valence-electron chi connectivity index (χ0n) is 19.2. The number of likely N-dealkylation sites (N-methyl/N-ethyl adjacent to an activating group) is 1. The van der Waals surface area contributed by atoms with E-state index in [9.17, 15) is 5.11 Å². The van der Waals surface area contributed by atoms with Crippen LogP contribution in [0.4, 0.5) is 0 Å². The van der Waals surface area contributed by atoms with Crippen molar-refractivity contribution in [2.24, 2.45) is 40.4 Å². The van der Waals surface area contributed by atoms with Gasteiger partial charge in [-0.1, -0.05) is 13.8 Å². The fourth-order valence-corrected chi connectivity index (χ4v) is 8.76. The highest BCUT2D eigenvalue weighted by molar-refractivity contribution is 5.10. The third kappa shape index (κ3) is 3.48. The topological polar surface area (TPSA) is 35.5 Å². The van der Waals surface area contributed by atoms with Crippen LogP contribution in [-0.2, 0) is 0 Å². The van der Waals surface area contributed by atoms with Gasteiger partial charge in [-0.2, -0.15) is 0 Å². The highest BCUT2D eigenvalue weighted by atomic mass is 16.3. The molecule has 3 nitrogen and oxygen atoms in total. The Hall–Kier alpha value is -0.120. The predicted molar refractivity (Wildman–Crippen MR) is 117 cm³/mol. The summed E-state index contributed by atoms with van der Waals surface area (Å²) in [5.41, 5.74) is 1.06. The van der Waals surface area contributed by atoms with E-state index in [1.807, 2.05) is 0 Å². The van der Waals surface area contributed by atoms with Gasteiger partial charge in [0.25, 0.3) is 0 Å². The van der Waals surface area contributed by atoms with Crippen molar-refractivity contribution >= 4 is 0 Å². The summed E-state index contributed by atoms with van der Waals surface area (Å²) in [7, 11) is 4.34. The molecule has 3 heteroatoms. The van der Waals surface area contributed by atoms with Crippen LogP contribution in [-0.4, -0.2) is 49.3 Å². The second kappa shape index (κ2) is 7.85. The molecular formula is C25H46N2O. The second-order valence-electron chi connectivity index (χ2n) is 11.9. The second-order valence-corrected chi connectivity index (χ2v) is 11.9. The van der Waals surface area contributed by atoms with Crippen LogP contribution in [0, 0.1) is 40.4 Å². The number of hydrogen-bond acceptors (Lipinski definition) is 3. The maximum Gasteiger partial charge on any atom is 0.0543 e. The first kappa shape index (κ1) is 21.1. The molecule has 0 radical (unpaired) electrons. The molecule has 1 unspecified atom stereocenters. The lowest BCUT2D eigenvalue weighted by molar-refractivity contribution is -0.127. The van der Waals surface area contributed by atoms with E-state index >= 15 is 0 Å². The Balaban J connectivity index is 1.46. The fourth-order valence-electron chi connectivity index (χ4n) is 8.76. The van der Waals surface area contributed by atoms with Crippen LogP contribution in [0.2, 0.25) is 0 Å². The molecular weight excluding hydrogens is 344 g/mol. The molecule has 4 fully saturated rings. The molecule has 4 aliphatic rings. The Morgan fingerprint density at radius 2 is 1.68 bits per heavy atom. The van der Waals surface area contributed by atoms with Gasteiger partial charge in [0.2, 0.25) is 0 Å². The molecule has 0 aromatic carbocycles. The highest BCUT2D eigenvalue weighted by Gasteiger charge is 2.60. The van der Waals surface area contributed by atoms with Crippen molar-refractivity contribution in [1.29, 1.82) is 0 Å². The smallest absolute Gasteiger partial charge is 0.0543 e. The number of aliphatic hydroxyl groups excluding tert-OH is 1. The minimum atomic E-state index is -0.0200. The van der Waals surface area contributed by atoms with E-state index in [4.69, 9.17) is 0 Å². The van der Waals surface area contributed by atoms with Gasteiger partial charge in [0.05, 0.1) is 6.10 Å². The van der Waals surface area contributed by atoms with Crippen LogP contribution in [0.1, 0.15) is 78.6 Å². The van der Waals surface area contributed by atoms with Gasteiger partial charge in [-0.15, -0.1) is 0 Å². The van der Waals surface area contributed by atoms with Crippen molar-refractivity contribution in [1.82, 2.24) is 10.2 Å². The van der Waals surface area contributed by atoms with Crippen molar-refractivity contribution in [3.63, 3.8) is 0 Å². The van der Waals surface area contributed by atoms with Crippen molar-refractivity contribution < 1.29 is 5.11 Å². The summed E-state index contributed by atoms with van der Waals surface area (Å²) >= 11 is 0. The summed E-state index contributed by atoms with van der Waals surface area (Å²) < 4.78 is 0. The molecule has 4 rings (SSSR count). The Kier molecular flexibility index (Phi) is 5.92. The monoisotopic (exact) mass is 390 g/mol. The zero-order chi connectivity index (χ0) is 20.1. The predicted octanol–water partition coefficient (Wildman–Crippen LogP) is 4.55. The van der Waals surface area contributed by atoms with E-state index in [-0.39, 0.29) is 6.10 Å². The Morgan fingerprint density at radius 1 is 0.964 bits per heavy atom. The standard InChI is InChI=1S/C25H46N2O/c1-17(26-14-15-27(4)5)21-8-9-22-20-7-6-18-16-19(28)10-12-24(18,2)23(20)11-13-25(21,22)3/h17-23,26,28H,6-16H2,1-5H3/t17?,18-,19-,20-,21+,22-,23-,24-,25+/m0/s1. The fraction of sp³-hybridized carbons (Fsp3) is 1.00. The third-order valence-electron chi connectivity index (χ3n) is 10.3. The molecule has 0 spiro atoms. The van der Waals surface area contributed by atoms with E-state index in [0.717, 1.165) is 55.5 Å². The van der Waals surface area contributed by atoms with Crippen LogP contribution >= 0.6 is 0 Å². The lowest BCUT2D eigenvalue weighted by atomic mass is 9.44. The quantitative estimate of drug-likeness (QED) is 0.723. The van der Waals surface area contributed by atoms with E-state index in [2.05, 4.69) is 45.1 Å². The molecule has 0 heterocycles. The summed E-state index contributed by atoms with van der Waals surface area (Å²) in [6.07, 6.45) is 12.0. The maximum atomic E-state index is 10.2. The van der Waals surface area contributed by atoms with E-state index < -0.39 is 0 Å². The molecule has 162 valence electrons. The van der Waals surface area contributed by atoms with Gasteiger partial charge in [-0.25, -0.2) is 0 Å². The van der Waals surface area contributed by atoms with E-state index in [0.29, 0.717) is 16.9 Å². The summed E-state index contributed by atoms with van der Waals surface area (Å²) in [6, 6.07) is 0.642. The summed E-state index contributed by atoms with van der Waals surface area (Å²) in [4.78, 5) is 2.28. The third-order valence-corrected chi connectivity index (χ3v) is 10.3. The normalized spacial score (nSPS) is 49.4. The minimum absolute atomic E-state index is 0.0200. The van der Waals surface area contributed by atoms with E-state index in [1.54, 1.807) is 0 Å². The highest BCUT2D eigenvalue weighted by Crippen LogP contribution is 2.67. The van der Waals surface area contributed by atoms with Crippen molar-refractivity contribution in [2.75, 3.05) is 27.2 Å². The van der Waals surface area contributed by atoms with Gasteiger partial charge >= 0.3 is 0 Å². The summed E-state index contributed by atoms with van der Waals surface area (Å²) in [5, 5.41) is 14.1. The summed E-state index contributed by atoms with van der Waals surface area (Å²) in [5.74, 6) is 4.45. The van der Waals surface area contributed by atoms with Gasteiger partial charge < -0.3 is 15.3 Å². The molecule has 9 atom stereocenters. The lowest BCUT2D eigenvalue weighted by Crippen LogP contribution is -2.55. The van der Waals surface area contributed by atoms with Gasteiger partial charge in [0, 0.05) is 19.1 Å². The Labute approximate surface area is 174 Å². The SMILES string of the molecule is CC(NCCN(C)C)[C@H]1CC[C@H]2[C@@H]3CC[C@H]4C[C@@H](O)CC[C@]4(C)[C@H]3CC[C@]12C.